The van der Waals surface area contributed by atoms with Crippen molar-refractivity contribution in [3.8, 4) is 17.0 Å². The number of hydrogen-bond acceptors (Lipinski definition) is 7. The number of thiazole rings is 1. The van der Waals surface area contributed by atoms with Crippen molar-refractivity contribution in [2.24, 2.45) is 0 Å². The fourth-order valence-corrected chi connectivity index (χ4v) is 4.55. The number of benzene rings is 2. The molecule has 4 rings (SSSR count). The lowest BCUT2D eigenvalue weighted by molar-refractivity contribution is -0.113. The zero-order chi connectivity index (χ0) is 20.2. The van der Waals surface area contributed by atoms with Gasteiger partial charge in [0.2, 0.25) is 5.91 Å². The molecule has 0 bridgehead atoms. The standard InChI is InChI=1S/C21H18N4O2S2/c1-13-22-19-20(29-13)18(14-7-4-3-5-8-14)24-25-21(19)28-12-17(26)23-15-9-6-10-16(11-15)27-2/h3-11H,12H2,1-2H3,(H,23,26). The number of hydrogen-bond donors (Lipinski definition) is 1. The molecule has 0 saturated carbocycles. The Morgan fingerprint density at radius 1 is 1.14 bits per heavy atom. The molecule has 0 unspecified atom stereocenters. The SMILES string of the molecule is COc1cccc(NC(=O)CSc2nnc(-c3ccccc3)c3sc(C)nc23)c1. The molecule has 0 fully saturated rings. The van der Waals surface area contributed by atoms with Crippen LogP contribution in [0.2, 0.25) is 0 Å². The zero-order valence-electron chi connectivity index (χ0n) is 15.9. The summed E-state index contributed by atoms with van der Waals surface area (Å²) in [5.41, 5.74) is 3.30. The summed E-state index contributed by atoms with van der Waals surface area (Å²) in [4.78, 5) is 17.0. The summed E-state index contributed by atoms with van der Waals surface area (Å²) >= 11 is 2.92. The van der Waals surface area contributed by atoms with Gasteiger partial charge in [0.1, 0.15) is 22.0 Å². The molecule has 0 radical (unpaired) electrons. The lowest BCUT2D eigenvalue weighted by atomic mass is 10.1. The normalized spacial score (nSPS) is 10.8. The van der Waals surface area contributed by atoms with Crippen LogP contribution in [0.5, 0.6) is 5.75 Å². The van der Waals surface area contributed by atoms with Crippen molar-refractivity contribution in [1.82, 2.24) is 15.2 Å². The van der Waals surface area contributed by atoms with E-state index < -0.39 is 0 Å². The van der Waals surface area contributed by atoms with Crippen LogP contribution in [0.25, 0.3) is 21.5 Å². The van der Waals surface area contributed by atoms with Gasteiger partial charge in [-0.15, -0.1) is 21.5 Å². The van der Waals surface area contributed by atoms with E-state index in [2.05, 4.69) is 20.5 Å². The van der Waals surface area contributed by atoms with Crippen molar-refractivity contribution in [2.75, 3.05) is 18.2 Å². The van der Waals surface area contributed by atoms with Crippen molar-refractivity contribution in [3.05, 3.63) is 59.6 Å². The highest BCUT2D eigenvalue weighted by atomic mass is 32.2. The zero-order valence-corrected chi connectivity index (χ0v) is 17.5. The van der Waals surface area contributed by atoms with Crippen molar-refractivity contribution < 1.29 is 9.53 Å². The van der Waals surface area contributed by atoms with E-state index in [4.69, 9.17) is 4.74 Å². The van der Waals surface area contributed by atoms with E-state index in [1.54, 1.807) is 24.5 Å². The second kappa shape index (κ2) is 8.59. The molecule has 146 valence electrons. The van der Waals surface area contributed by atoms with Crippen molar-refractivity contribution in [3.63, 3.8) is 0 Å². The van der Waals surface area contributed by atoms with E-state index in [-0.39, 0.29) is 11.7 Å². The van der Waals surface area contributed by atoms with Gasteiger partial charge in [-0.3, -0.25) is 4.79 Å². The summed E-state index contributed by atoms with van der Waals surface area (Å²) < 4.78 is 6.17. The van der Waals surface area contributed by atoms with Crippen LogP contribution < -0.4 is 10.1 Å². The van der Waals surface area contributed by atoms with Crippen LogP contribution in [0.4, 0.5) is 5.69 Å². The van der Waals surface area contributed by atoms with Crippen LogP contribution in [-0.4, -0.2) is 34.0 Å². The van der Waals surface area contributed by atoms with Crippen LogP contribution in [0, 0.1) is 6.92 Å². The van der Waals surface area contributed by atoms with Crippen LogP contribution in [0.1, 0.15) is 5.01 Å². The number of nitrogens with one attached hydrogen (secondary N) is 1. The summed E-state index contributed by atoms with van der Waals surface area (Å²) in [7, 11) is 1.59. The molecule has 1 amide bonds. The van der Waals surface area contributed by atoms with Gasteiger partial charge in [-0.2, -0.15) is 0 Å². The molecule has 4 aromatic rings. The molecule has 0 spiro atoms. The highest BCUT2D eigenvalue weighted by molar-refractivity contribution is 8.00. The van der Waals surface area contributed by atoms with Gasteiger partial charge < -0.3 is 10.1 Å². The Kier molecular flexibility index (Phi) is 5.73. The van der Waals surface area contributed by atoms with Crippen molar-refractivity contribution in [2.45, 2.75) is 11.9 Å². The first-order chi connectivity index (χ1) is 14.1. The van der Waals surface area contributed by atoms with Gasteiger partial charge in [-0.1, -0.05) is 48.2 Å². The van der Waals surface area contributed by atoms with E-state index in [0.29, 0.717) is 16.5 Å². The first-order valence-corrected chi connectivity index (χ1v) is 10.7. The van der Waals surface area contributed by atoms with Crippen LogP contribution >= 0.6 is 23.1 Å². The summed E-state index contributed by atoms with van der Waals surface area (Å²) in [6.07, 6.45) is 0. The number of carbonyl (C=O) groups is 1. The lowest BCUT2D eigenvalue weighted by Crippen LogP contribution is -2.14. The van der Waals surface area contributed by atoms with Gasteiger partial charge in [0.15, 0.2) is 0 Å². The fraction of sp³-hybridized carbons (Fsp3) is 0.143. The average Bonchev–Trinajstić information content (AvgIpc) is 3.14. The minimum atomic E-state index is -0.128. The van der Waals surface area contributed by atoms with Gasteiger partial charge in [-0.25, -0.2) is 4.98 Å². The maximum atomic E-state index is 12.4. The largest absolute Gasteiger partial charge is 0.497 e. The van der Waals surface area contributed by atoms with Crippen molar-refractivity contribution in [1.29, 1.82) is 0 Å². The number of ether oxygens (including phenoxy) is 1. The van der Waals surface area contributed by atoms with E-state index in [1.807, 2.05) is 55.5 Å². The Morgan fingerprint density at radius 3 is 2.76 bits per heavy atom. The lowest BCUT2D eigenvalue weighted by Gasteiger charge is -2.07. The number of thioether (sulfide) groups is 1. The van der Waals surface area contributed by atoms with Gasteiger partial charge in [0.05, 0.1) is 22.6 Å². The first-order valence-electron chi connectivity index (χ1n) is 8.90. The number of anilines is 1. The van der Waals surface area contributed by atoms with Gasteiger partial charge in [-0.05, 0) is 19.1 Å². The molecule has 8 heteroatoms. The molecule has 2 heterocycles. The molecule has 0 aliphatic carbocycles. The Morgan fingerprint density at radius 2 is 1.97 bits per heavy atom. The molecule has 6 nitrogen and oxygen atoms in total. The maximum Gasteiger partial charge on any atom is 0.234 e. The Hall–Kier alpha value is -2.97. The second-order valence-electron chi connectivity index (χ2n) is 6.20. The maximum absolute atomic E-state index is 12.4. The van der Waals surface area contributed by atoms with Crippen LogP contribution in [-0.2, 0) is 4.79 Å². The number of amides is 1. The van der Waals surface area contributed by atoms with Gasteiger partial charge in [0.25, 0.3) is 0 Å². The van der Waals surface area contributed by atoms with Gasteiger partial charge in [0, 0.05) is 17.3 Å². The highest BCUT2D eigenvalue weighted by Crippen LogP contribution is 2.35. The molecule has 2 aromatic heterocycles. The number of fused-ring (bicyclic) bond motifs is 1. The van der Waals surface area contributed by atoms with Crippen LogP contribution in [0.15, 0.2) is 59.6 Å². The summed E-state index contributed by atoms with van der Waals surface area (Å²) in [5.74, 6) is 0.775. The van der Waals surface area contributed by atoms with Crippen molar-refractivity contribution >= 4 is 44.9 Å². The Labute approximate surface area is 176 Å². The highest BCUT2D eigenvalue weighted by Gasteiger charge is 2.16. The average molecular weight is 423 g/mol. The number of methoxy groups -OCH3 is 1. The summed E-state index contributed by atoms with van der Waals surface area (Å²) in [6, 6.07) is 17.2. The van der Waals surface area contributed by atoms with E-state index in [0.717, 1.165) is 26.5 Å². The Bertz CT molecular complexity index is 1160. The Balaban J connectivity index is 1.53. The van der Waals surface area contributed by atoms with E-state index in [9.17, 15) is 4.79 Å². The molecule has 29 heavy (non-hydrogen) atoms. The number of carbonyl (C=O) groups excluding carboxylic acids is 1. The van der Waals surface area contributed by atoms with Gasteiger partial charge >= 0.3 is 0 Å². The predicted molar refractivity (Wildman–Crippen MR) is 118 cm³/mol. The molecular formula is C21H18N4O2S2. The molecule has 0 aliphatic rings. The third-order valence-electron chi connectivity index (χ3n) is 4.13. The third kappa shape index (κ3) is 4.38. The third-order valence-corrected chi connectivity index (χ3v) is 6.07. The molecule has 2 aromatic carbocycles. The minimum absolute atomic E-state index is 0.128. The molecular weight excluding hydrogens is 404 g/mol. The molecule has 0 aliphatic heterocycles. The van der Waals surface area contributed by atoms with Crippen LogP contribution in [0.3, 0.4) is 0 Å². The van der Waals surface area contributed by atoms with E-state index in [1.165, 1.54) is 11.8 Å². The summed E-state index contributed by atoms with van der Waals surface area (Å²) in [6.45, 7) is 1.96. The fourth-order valence-electron chi connectivity index (χ4n) is 2.83. The second-order valence-corrected chi connectivity index (χ2v) is 8.37. The minimum Gasteiger partial charge on any atom is -0.497 e. The quantitative estimate of drug-likeness (QED) is 0.450. The predicted octanol–water partition coefficient (Wildman–Crippen LogP) is 4.80. The molecule has 1 N–H and O–H groups in total. The van der Waals surface area contributed by atoms with E-state index >= 15 is 0 Å². The smallest absolute Gasteiger partial charge is 0.234 e. The number of aryl methyl sites for hydroxylation is 1. The molecule has 0 saturated heterocycles. The topological polar surface area (TPSA) is 77.0 Å². The number of nitrogens with zero attached hydrogens (tertiary/aromatic N) is 3. The first kappa shape index (κ1) is 19.4. The monoisotopic (exact) mass is 422 g/mol. The summed E-state index contributed by atoms with van der Waals surface area (Å²) in [5, 5.41) is 13.3. The number of aromatic nitrogens is 3. The number of rotatable bonds is 6. The molecule has 0 atom stereocenters.